The van der Waals surface area contributed by atoms with E-state index < -0.39 is 0 Å². The van der Waals surface area contributed by atoms with Gasteiger partial charge in [0.1, 0.15) is 0 Å². The van der Waals surface area contributed by atoms with Crippen molar-refractivity contribution in [1.82, 2.24) is 5.32 Å². The monoisotopic (exact) mass is 302 g/mol. The number of carbonyl (C=O) groups excluding carboxylic acids is 1. The summed E-state index contributed by atoms with van der Waals surface area (Å²) in [6.07, 6.45) is 0.799. The SMILES string of the molecule is CCC(NC(=O)c1ccccc1NC)c1cccc(Cl)c1. The number of nitrogens with one attached hydrogen (secondary N) is 2. The third-order valence-electron chi connectivity index (χ3n) is 3.41. The van der Waals surface area contributed by atoms with E-state index >= 15 is 0 Å². The summed E-state index contributed by atoms with van der Waals surface area (Å²) in [5, 5.41) is 6.77. The molecule has 2 aromatic carbocycles. The number of benzene rings is 2. The Morgan fingerprint density at radius 2 is 1.95 bits per heavy atom. The average Bonchev–Trinajstić information content (AvgIpc) is 2.52. The molecule has 0 saturated carbocycles. The number of anilines is 1. The summed E-state index contributed by atoms with van der Waals surface area (Å²) in [5.41, 5.74) is 2.47. The van der Waals surface area contributed by atoms with Gasteiger partial charge in [0.15, 0.2) is 0 Å². The van der Waals surface area contributed by atoms with E-state index in [1.807, 2.05) is 55.5 Å². The van der Waals surface area contributed by atoms with Crippen LogP contribution in [0.2, 0.25) is 5.02 Å². The van der Waals surface area contributed by atoms with E-state index in [0.717, 1.165) is 17.7 Å². The molecule has 0 saturated heterocycles. The van der Waals surface area contributed by atoms with E-state index in [1.54, 1.807) is 7.05 Å². The Morgan fingerprint density at radius 1 is 1.19 bits per heavy atom. The van der Waals surface area contributed by atoms with Gasteiger partial charge in [-0.25, -0.2) is 0 Å². The van der Waals surface area contributed by atoms with Crippen molar-refractivity contribution < 1.29 is 4.79 Å². The standard InChI is InChI=1S/C17H19ClN2O/c1-3-15(12-7-6-8-13(18)11-12)20-17(21)14-9-4-5-10-16(14)19-2/h4-11,15,19H,3H2,1-2H3,(H,20,21). The molecule has 0 aliphatic rings. The van der Waals surface area contributed by atoms with Gasteiger partial charge in [0.25, 0.3) is 5.91 Å². The second kappa shape index (κ2) is 7.14. The zero-order valence-corrected chi connectivity index (χ0v) is 12.9. The lowest BCUT2D eigenvalue weighted by Gasteiger charge is -2.19. The predicted molar refractivity (Wildman–Crippen MR) is 87.9 cm³/mol. The maximum atomic E-state index is 12.5. The summed E-state index contributed by atoms with van der Waals surface area (Å²) in [5.74, 6) is -0.0909. The molecule has 2 aromatic rings. The number of hydrogen-bond donors (Lipinski definition) is 2. The first kappa shape index (κ1) is 15.4. The molecule has 0 bridgehead atoms. The molecule has 2 rings (SSSR count). The van der Waals surface area contributed by atoms with Crippen molar-refractivity contribution >= 4 is 23.2 Å². The van der Waals surface area contributed by atoms with Gasteiger partial charge in [-0.15, -0.1) is 0 Å². The molecule has 1 amide bonds. The first-order valence-corrected chi connectivity index (χ1v) is 7.36. The molecule has 1 atom stereocenters. The summed E-state index contributed by atoms with van der Waals surface area (Å²) < 4.78 is 0. The minimum absolute atomic E-state index is 0.0545. The number of amides is 1. The lowest BCUT2D eigenvalue weighted by molar-refractivity contribution is 0.0936. The molecule has 0 aliphatic heterocycles. The van der Waals surface area contributed by atoms with Crippen LogP contribution in [0.25, 0.3) is 0 Å². The van der Waals surface area contributed by atoms with Gasteiger partial charge in [-0.1, -0.05) is 42.8 Å². The summed E-state index contributed by atoms with van der Waals surface area (Å²) in [4.78, 5) is 12.5. The van der Waals surface area contributed by atoms with Crippen molar-refractivity contribution in [3.05, 3.63) is 64.7 Å². The maximum Gasteiger partial charge on any atom is 0.253 e. The fraction of sp³-hybridized carbons (Fsp3) is 0.235. The maximum absolute atomic E-state index is 12.5. The minimum atomic E-state index is -0.0909. The molecule has 4 heteroatoms. The largest absolute Gasteiger partial charge is 0.387 e. The van der Waals surface area contributed by atoms with Gasteiger partial charge >= 0.3 is 0 Å². The van der Waals surface area contributed by atoms with Crippen LogP contribution in [0.1, 0.15) is 35.3 Å². The van der Waals surface area contributed by atoms with Gasteiger partial charge in [0, 0.05) is 17.8 Å². The van der Waals surface area contributed by atoms with Crippen LogP contribution < -0.4 is 10.6 Å². The smallest absolute Gasteiger partial charge is 0.253 e. The number of carbonyl (C=O) groups is 1. The highest BCUT2D eigenvalue weighted by Gasteiger charge is 2.16. The second-order valence-electron chi connectivity index (χ2n) is 4.78. The Hall–Kier alpha value is -2.00. The van der Waals surface area contributed by atoms with E-state index in [9.17, 15) is 4.79 Å². The lowest BCUT2D eigenvalue weighted by atomic mass is 10.0. The van der Waals surface area contributed by atoms with Crippen LogP contribution in [0.15, 0.2) is 48.5 Å². The Bertz CT molecular complexity index is 628. The molecule has 0 aromatic heterocycles. The van der Waals surface area contributed by atoms with Crippen LogP contribution in [0.5, 0.6) is 0 Å². The molecule has 1 unspecified atom stereocenters. The van der Waals surface area contributed by atoms with Crippen molar-refractivity contribution in [2.24, 2.45) is 0 Å². The molecular weight excluding hydrogens is 284 g/mol. The fourth-order valence-corrected chi connectivity index (χ4v) is 2.48. The Labute approximate surface area is 130 Å². The number of rotatable bonds is 5. The Kier molecular flexibility index (Phi) is 5.23. The van der Waals surface area contributed by atoms with Crippen molar-refractivity contribution in [2.75, 3.05) is 12.4 Å². The highest BCUT2D eigenvalue weighted by atomic mass is 35.5. The van der Waals surface area contributed by atoms with Gasteiger partial charge in [-0.3, -0.25) is 4.79 Å². The van der Waals surface area contributed by atoms with Crippen molar-refractivity contribution in [2.45, 2.75) is 19.4 Å². The second-order valence-corrected chi connectivity index (χ2v) is 5.22. The first-order chi connectivity index (χ1) is 10.2. The van der Waals surface area contributed by atoms with Gasteiger partial charge in [0.05, 0.1) is 11.6 Å². The highest BCUT2D eigenvalue weighted by Crippen LogP contribution is 2.22. The average molecular weight is 303 g/mol. The summed E-state index contributed by atoms with van der Waals surface area (Å²) >= 11 is 6.02. The van der Waals surface area contributed by atoms with Crippen molar-refractivity contribution in [3.8, 4) is 0 Å². The normalized spacial score (nSPS) is 11.8. The molecule has 110 valence electrons. The van der Waals surface area contributed by atoms with Crippen LogP contribution in [-0.2, 0) is 0 Å². The molecule has 0 fully saturated rings. The molecule has 2 N–H and O–H groups in total. The van der Waals surface area contributed by atoms with Gasteiger partial charge in [-0.2, -0.15) is 0 Å². The third kappa shape index (κ3) is 3.76. The van der Waals surface area contributed by atoms with Crippen LogP contribution in [0.3, 0.4) is 0 Å². The van der Waals surface area contributed by atoms with E-state index in [-0.39, 0.29) is 11.9 Å². The van der Waals surface area contributed by atoms with Crippen LogP contribution in [0, 0.1) is 0 Å². The van der Waals surface area contributed by atoms with Gasteiger partial charge in [0.2, 0.25) is 0 Å². The zero-order valence-electron chi connectivity index (χ0n) is 12.2. The Balaban J connectivity index is 2.20. The quantitative estimate of drug-likeness (QED) is 0.866. The van der Waals surface area contributed by atoms with E-state index in [4.69, 9.17) is 11.6 Å². The minimum Gasteiger partial charge on any atom is -0.387 e. The topological polar surface area (TPSA) is 41.1 Å². The predicted octanol–water partition coefficient (Wildman–Crippen LogP) is 4.26. The molecule has 0 aliphatic carbocycles. The molecule has 0 heterocycles. The van der Waals surface area contributed by atoms with Crippen molar-refractivity contribution in [3.63, 3.8) is 0 Å². The van der Waals surface area contributed by atoms with E-state index in [1.165, 1.54) is 0 Å². The Morgan fingerprint density at radius 3 is 2.62 bits per heavy atom. The molecule has 3 nitrogen and oxygen atoms in total. The highest BCUT2D eigenvalue weighted by molar-refractivity contribution is 6.30. The van der Waals surface area contributed by atoms with Gasteiger partial charge in [-0.05, 0) is 36.2 Å². The van der Waals surface area contributed by atoms with Crippen LogP contribution >= 0.6 is 11.6 Å². The number of para-hydroxylation sites is 1. The van der Waals surface area contributed by atoms with Gasteiger partial charge < -0.3 is 10.6 Å². The van der Waals surface area contributed by atoms with Crippen molar-refractivity contribution in [1.29, 1.82) is 0 Å². The summed E-state index contributed by atoms with van der Waals surface area (Å²) in [7, 11) is 1.81. The number of hydrogen-bond acceptors (Lipinski definition) is 2. The lowest BCUT2D eigenvalue weighted by Crippen LogP contribution is -2.28. The van der Waals surface area contributed by atoms with Crippen LogP contribution in [0.4, 0.5) is 5.69 Å². The summed E-state index contributed by atoms with van der Waals surface area (Å²) in [6, 6.07) is 15.0. The first-order valence-electron chi connectivity index (χ1n) is 6.98. The molecule has 0 spiro atoms. The van der Waals surface area contributed by atoms with E-state index in [2.05, 4.69) is 10.6 Å². The zero-order chi connectivity index (χ0) is 15.2. The van der Waals surface area contributed by atoms with E-state index in [0.29, 0.717) is 10.6 Å². The summed E-state index contributed by atoms with van der Waals surface area (Å²) in [6.45, 7) is 2.04. The molecular formula is C17H19ClN2O. The number of halogens is 1. The molecule has 21 heavy (non-hydrogen) atoms. The fourth-order valence-electron chi connectivity index (χ4n) is 2.28. The molecule has 0 radical (unpaired) electrons. The third-order valence-corrected chi connectivity index (χ3v) is 3.64. The van der Waals surface area contributed by atoms with Crippen LogP contribution in [-0.4, -0.2) is 13.0 Å².